The van der Waals surface area contributed by atoms with Gasteiger partial charge in [0, 0.05) is 11.8 Å². The summed E-state index contributed by atoms with van der Waals surface area (Å²) in [4.78, 5) is 15.2. The maximum absolute atomic E-state index is 13.0. The zero-order valence-corrected chi connectivity index (χ0v) is 10.7. The van der Waals surface area contributed by atoms with Crippen molar-refractivity contribution in [1.82, 2.24) is 9.36 Å². The van der Waals surface area contributed by atoms with Gasteiger partial charge in [0.1, 0.15) is 0 Å². The highest BCUT2D eigenvalue weighted by atomic mass is 32.1. The molecule has 2 aromatic heterocycles. The van der Waals surface area contributed by atoms with Crippen molar-refractivity contribution in [1.29, 1.82) is 0 Å². The fraction of sp³-hybridized carbons (Fsp3) is 0.0769. The number of alkyl halides is 3. The van der Waals surface area contributed by atoms with Crippen molar-refractivity contribution >= 4 is 21.6 Å². The monoisotopic (exact) mass is 296 g/mol. The van der Waals surface area contributed by atoms with Crippen molar-refractivity contribution in [2.45, 2.75) is 6.18 Å². The molecule has 3 nitrogen and oxygen atoms in total. The van der Waals surface area contributed by atoms with Gasteiger partial charge >= 0.3 is 6.18 Å². The summed E-state index contributed by atoms with van der Waals surface area (Å²) in [6.07, 6.45) is -3.15. The lowest BCUT2D eigenvalue weighted by Crippen LogP contribution is -2.08. The van der Waals surface area contributed by atoms with Crippen molar-refractivity contribution in [2.24, 2.45) is 0 Å². The number of pyridine rings is 1. The van der Waals surface area contributed by atoms with E-state index in [1.54, 1.807) is 0 Å². The first kappa shape index (κ1) is 12.9. The SMILES string of the molecule is O=c1[nH]sc2cc(-c3ncccc3C(F)(F)F)ccc12. The van der Waals surface area contributed by atoms with Crippen LogP contribution >= 0.6 is 11.5 Å². The van der Waals surface area contributed by atoms with Crippen LogP contribution in [0.4, 0.5) is 13.2 Å². The molecule has 1 aromatic carbocycles. The molecule has 3 rings (SSSR count). The minimum atomic E-state index is -4.47. The number of rotatable bonds is 1. The minimum Gasteiger partial charge on any atom is -0.277 e. The fourth-order valence-corrected chi connectivity index (χ4v) is 2.73. The second-order valence-electron chi connectivity index (χ2n) is 4.14. The lowest BCUT2D eigenvalue weighted by atomic mass is 10.0. The molecule has 1 N–H and O–H groups in total. The minimum absolute atomic E-state index is 0.136. The molecule has 0 radical (unpaired) electrons. The maximum atomic E-state index is 13.0. The number of aromatic amines is 1. The normalized spacial score (nSPS) is 11.9. The third kappa shape index (κ3) is 2.09. The average Bonchev–Trinajstić information content (AvgIpc) is 2.79. The van der Waals surface area contributed by atoms with Crippen molar-refractivity contribution in [2.75, 3.05) is 0 Å². The van der Waals surface area contributed by atoms with Gasteiger partial charge in [0.2, 0.25) is 0 Å². The van der Waals surface area contributed by atoms with E-state index in [0.717, 1.165) is 17.6 Å². The van der Waals surface area contributed by atoms with Crippen molar-refractivity contribution in [3.05, 3.63) is 52.4 Å². The van der Waals surface area contributed by atoms with Crippen LogP contribution in [-0.4, -0.2) is 9.36 Å². The molecule has 0 atom stereocenters. The third-order valence-corrected chi connectivity index (χ3v) is 3.71. The summed E-state index contributed by atoms with van der Waals surface area (Å²) in [7, 11) is 0. The lowest BCUT2D eigenvalue weighted by molar-refractivity contribution is -0.137. The fourth-order valence-electron chi connectivity index (χ4n) is 1.96. The van der Waals surface area contributed by atoms with E-state index in [-0.39, 0.29) is 11.3 Å². The highest BCUT2D eigenvalue weighted by molar-refractivity contribution is 7.13. The number of nitrogens with one attached hydrogen (secondary N) is 1. The van der Waals surface area contributed by atoms with Gasteiger partial charge in [-0.15, -0.1) is 0 Å². The number of H-pyrrole nitrogens is 1. The zero-order chi connectivity index (χ0) is 14.3. The van der Waals surface area contributed by atoms with Crippen LogP contribution in [0.5, 0.6) is 0 Å². The molecular formula is C13H7F3N2OS. The summed E-state index contributed by atoms with van der Waals surface area (Å²) in [5, 5.41) is 0.461. The highest BCUT2D eigenvalue weighted by Crippen LogP contribution is 2.36. The molecule has 0 fully saturated rings. The molecule has 7 heteroatoms. The van der Waals surface area contributed by atoms with E-state index in [1.807, 2.05) is 0 Å². The second-order valence-corrected chi connectivity index (χ2v) is 4.99. The van der Waals surface area contributed by atoms with Gasteiger partial charge in [-0.1, -0.05) is 17.6 Å². The first-order chi connectivity index (χ1) is 9.47. The largest absolute Gasteiger partial charge is 0.418 e. The molecule has 0 saturated carbocycles. The first-order valence-corrected chi connectivity index (χ1v) is 6.42. The van der Waals surface area contributed by atoms with Crippen LogP contribution in [0.15, 0.2) is 41.3 Å². The number of nitrogens with zero attached hydrogens (tertiary/aromatic N) is 1. The summed E-state index contributed by atoms with van der Waals surface area (Å²) >= 11 is 1.09. The van der Waals surface area contributed by atoms with Gasteiger partial charge in [0.25, 0.3) is 5.56 Å². The molecule has 0 bridgehead atoms. The van der Waals surface area contributed by atoms with Crippen LogP contribution in [0.3, 0.4) is 0 Å². The molecule has 0 aliphatic heterocycles. The predicted octanol–water partition coefficient (Wildman–Crippen LogP) is 3.67. The van der Waals surface area contributed by atoms with E-state index < -0.39 is 11.7 Å². The molecule has 3 aromatic rings. The Morgan fingerprint density at radius 2 is 2.00 bits per heavy atom. The van der Waals surface area contributed by atoms with Crippen LogP contribution in [0.2, 0.25) is 0 Å². The van der Waals surface area contributed by atoms with E-state index in [9.17, 15) is 18.0 Å². The Balaban J connectivity index is 2.23. The molecule has 0 aliphatic rings. The number of benzene rings is 1. The number of halogens is 3. The van der Waals surface area contributed by atoms with Gasteiger partial charge in [-0.3, -0.25) is 14.2 Å². The number of hydrogen-bond acceptors (Lipinski definition) is 3. The van der Waals surface area contributed by atoms with Gasteiger partial charge in [-0.25, -0.2) is 0 Å². The van der Waals surface area contributed by atoms with E-state index >= 15 is 0 Å². The number of aromatic nitrogens is 2. The van der Waals surface area contributed by atoms with Crippen LogP contribution in [0.25, 0.3) is 21.3 Å². The zero-order valence-electron chi connectivity index (χ0n) is 9.86. The topological polar surface area (TPSA) is 45.8 Å². The van der Waals surface area contributed by atoms with Crippen LogP contribution in [0, 0.1) is 0 Å². The molecule has 0 aliphatic carbocycles. The van der Waals surface area contributed by atoms with E-state index in [2.05, 4.69) is 9.36 Å². The second kappa shape index (κ2) is 4.45. The Morgan fingerprint density at radius 1 is 1.20 bits per heavy atom. The Labute approximate surface area is 114 Å². The van der Waals surface area contributed by atoms with Crippen LogP contribution < -0.4 is 5.56 Å². The Hall–Kier alpha value is -2.15. The summed E-state index contributed by atoms with van der Waals surface area (Å²) in [6, 6.07) is 6.76. The maximum Gasteiger partial charge on any atom is 0.418 e. The average molecular weight is 296 g/mol. The van der Waals surface area contributed by atoms with Crippen molar-refractivity contribution in [3.8, 4) is 11.3 Å². The molecule has 0 spiro atoms. The molecule has 2 heterocycles. The molecule has 0 unspecified atom stereocenters. The molecule has 0 saturated heterocycles. The van der Waals surface area contributed by atoms with Crippen molar-refractivity contribution < 1.29 is 13.2 Å². The third-order valence-electron chi connectivity index (χ3n) is 2.87. The van der Waals surface area contributed by atoms with Gasteiger partial charge in [-0.05, 0) is 24.3 Å². The predicted molar refractivity (Wildman–Crippen MR) is 70.7 cm³/mol. The first-order valence-electron chi connectivity index (χ1n) is 5.60. The smallest absolute Gasteiger partial charge is 0.277 e. The standard InChI is InChI=1S/C13H7F3N2OS/c14-13(15,16)9-2-1-5-17-11(9)7-3-4-8-10(6-7)20-18-12(8)19/h1-6H,(H,18,19). The molecule has 20 heavy (non-hydrogen) atoms. The Kier molecular flexibility index (Phi) is 2.86. The van der Waals surface area contributed by atoms with Crippen LogP contribution in [0.1, 0.15) is 5.56 Å². The van der Waals surface area contributed by atoms with Crippen LogP contribution in [-0.2, 0) is 6.18 Å². The van der Waals surface area contributed by atoms with Gasteiger partial charge in [0.15, 0.2) is 0 Å². The van der Waals surface area contributed by atoms with Gasteiger partial charge < -0.3 is 0 Å². The molecular weight excluding hydrogens is 289 g/mol. The molecule has 102 valence electrons. The lowest BCUT2D eigenvalue weighted by Gasteiger charge is -2.11. The molecule has 0 amide bonds. The van der Waals surface area contributed by atoms with E-state index in [4.69, 9.17) is 0 Å². The summed E-state index contributed by atoms with van der Waals surface area (Å²) in [5.74, 6) is 0. The van der Waals surface area contributed by atoms with E-state index in [1.165, 1.54) is 30.5 Å². The summed E-state index contributed by atoms with van der Waals surface area (Å²) < 4.78 is 42.0. The summed E-state index contributed by atoms with van der Waals surface area (Å²) in [6.45, 7) is 0. The Bertz CT molecular complexity index is 835. The number of hydrogen-bond donors (Lipinski definition) is 1. The summed E-state index contributed by atoms with van der Waals surface area (Å²) in [5.41, 5.74) is -0.834. The van der Waals surface area contributed by atoms with Gasteiger partial charge in [-0.2, -0.15) is 13.2 Å². The highest BCUT2D eigenvalue weighted by Gasteiger charge is 2.34. The van der Waals surface area contributed by atoms with Crippen molar-refractivity contribution in [3.63, 3.8) is 0 Å². The number of fused-ring (bicyclic) bond motifs is 1. The Morgan fingerprint density at radius 3 is 2.75 bits per heavy atom. The van der Waals surface area contributed by atoms with E-state index in [0.29, 0.717) is 15.6 Å². The van der Waals surface area contributed by atoms with Gasteiger partial charge in [0.05, 0.1) is 21.3 Å². The quantitative estimate of drug-likeness (QED) is 0.744.